The molecule has 0 atom stereocenters. The number of nitrogen functional groups attached to an aromatic ring is 1. The summed E-state index contributed by atoms with van der Waals surface area (Å²) in [5.74, 6) is 2.55. The average Bonchev–Trinajstić information content (AvgIpc) is 3.29. The fourth-order valence-corrected chi connectivity index (χ4v) is 2.45. The van der Waals surface area contributed by atoms with Crippen molar-refractivity contribution in [3.05, 3.63) is 18.5 Å². The van der Waals surface area contributed by atoms with Gasteiger partial charge in [-0.2, -0.15) is 0 Å². The molecule has 1 aliphatic rings. The topological polar surface area (TPSA) is 71.5 Å². The molecule has 0 saturated heterocycles. The second-order valence-corrected chi connectivity index (χ2v) is 5.02. The number of anilines is 1. The first kappa shape index (κ1) is 13.6. The summed E-state index contributed by atoms with van der Waals surface area (Å²) in [4.78, 5) is 4.46. The molecule has 2 aromatic rings. The zero-order valence-electron chi connectivity index (χ0n) is 12.4. The zero-order chi connectivity index (χ0) is 15.0. The van der Waals surface area contributed by atoms with E-state index in [-0.39, 0.29) is 0 Å². The third-order valence-electron chi connectivity index (χ3n) is 3.72. The number of hydrogen-bond donors (Lipinski definition) is 1. The number of rotatable bonds is 5. The van der Waals surface area contributed by atoms with Crippen molar-refractivity contribution in [2.75, 3.05) is 27.1 Å². The molecule has 1 aromatic carbocycles. The number of methoxy groups -OCH3 is 3. The van der Waals surface area contributed by atoms with Crippen LogP contribution < -0.4 is 19.9 Å². The lowest BCUT2D eigenvalue weighted by Gasteiger charge is -2.14. The quantitative estimate of drug-likeness (QED) is 0.915. The molecule has 6 nitrogen and oxygen atoms in total. The number of nitrogens with zero attached hydrogens (tertiary/aromatic N) is 2. The average molecular weight is 289 g/mol. The van der Waals surface area contributed by atoms with Gasteiger partial charge in [0.15, 0.2) is 0 Å². The molecule has 1 aliphatic carbocycles. The molecule has 0 aliphatic heterocycles. The van der Waals surface area contributed by atoms with Gasteiger partial charge in [-0.3, -0.25) is 0 Å². The Morgan fingerprint density at radius 3 is 2.19 bits per heavy atom. The molecule has 1 fully saturated rings. The van der Waals surface area contributed by atoms with Crippen LogP contribution in [0.3, 0.4) is 0 Å². The standard InChI is InChI=1S/C15H19N3O3/c1-19-10-6-11(20-2)13(12(7-10)21-3)14-15(16)18(8-17-14)9-4-5-9/h6-9H,4-5,16H2,1-3H3. The highest BCUT2D eigenvalue weighted by Gasteiger charge is 2.28. The number of benzene rings is 1. The molecule has 3 rings (SSSR count). The molecule has 2 N–H and O–H groups in total. The first-order valence-electron chi connectivity index (χ1n) is 6.82. The number of hydrogen-bond acceptors (Lipinski definition) is 5. The maximum atomic E-state index is 6.25. The maximum Gasteiger partial charge on any atom is 0.135 e. The molecule has 0 unspecified atom stereocenters. The molecule has 0 spiro atoms. The lowest BCUT2D eigenvalue weighted by Crippen LogP contribution is -2.01. The predicted octanol–water partition coefficient (Wildman–Crippen LogP) is 2.49. The van der Waals surface area contributed by atoms with Crippen LogP contribution in [0.2, 0.25) is 0 Å². The Bertz CT molecular complexity index is 637. The Morgan fingerprint density at radius 2 is 1.71 bits per heavy atom. The molecule has 1 heterocycles. The van der Waals surface area contributed by atoms with Crippen LogP contribution in [0, 0.1) is 0 Å². The van der Waals surface area contributed by atoms with Gasteiger partial charge in [0.25, 0.3) is 0 Å². The van der Waals surface area contributed by atoms with Gasteiger partial charge >= 0.3 is 0 Å². The highest BCUT2D eigenvalue weighted by Crippen LogP contribution is 2.45. The minimum atomic E-state index is 0.474. The molecule has 112 valence electrons. The summed E-state index contributed by atoms with van der Waals surface area (Å²) < 4.78 is 18.2. The number of imidazole rings is 1. The van der Waals surface area contributed by atoms with Gasteiger partial charge in [-0.15, -0.1) is 0 Å². The minimum absolute atomic E-state index is 0.474. The van der Waals surface area contributed by atoms with Crippen LogP contribution in [-0.4, -0.2) is 30.9 Å². The SMILES string of the molecule is COc1cc(OC)c(-c2ncn(C3CC3)c2N)c(OC)c1. The number of nitrogens with two attached hydrogens (primary N) is 1. The van der Waals surface area contributed by atoms with Crippen LogP contribution in [-0.2, 0) is 0 Å². The van der Waals surface area contributed by atoms with E-state index in [0.717, 1.165) is 18.4 Å². The fourth-order valence-electron chi connectivity index (χ4n) is 2.45. The van der Waals surface area contributed by atoms with Crippen molar-refractivity contribution in [2.45, 2.75) is 18.9 Å². The summed E-state index contributed by atoms with van der Waals surface area (Å²) in [5, 5.41) is 0. The summed E-state index contributed by atoms with van der Waals surface area (Å²) in [6.07, 6.45) is 4.08. The van der Waals surface area contributed by atoms with Crippen molar-refractivity contribution in [2.24, 2.45) is 0 Å². The summed E-state index contributed by atoms with van der Waals surface area (Å²) >= 11 is 0. The van der Waals surface area contributed by atoms with Gasteiger partial charge in [-0.05, 0) is 12.8 Å². The first-order chi connectivity index (χ1) is 10.2. The summed E-state index contributed by atoms with van der Waals surface area (Å²) in [6, 6.07) is 4.07. The third kappa shape index (κ3) is 2.26. The lowest BCUT2D eigenvalue weighted by atomic mass is 10.1. The summed E-state index contributed by atoms with van der Waals surface area (Å²) in [5.41, 5.74) is 7.68. The van der Waals surface area contributed by atoms with Crippen LogP contribution in [0.5, 0.6) is 17.2 Å². The van der Waals surface area contributed by atoms with E-state index >= 15 is 0 Å². The lowest BCUT2D eigenvalue weighted by molar-refractivity contribution is 0.377. The molecule has 0 amide bonds. The van der Waals surface area contributed by atoms with E-state index < -0.39 is 0 Å². The van der Waals surface area contributed by atoms with Crippen LogP contribution in [0.1, 0.15) is 18.9 Å². The van der Waals surface area contributed by atoms with Gasteiger partial charge in [0.1, 0.15) is 28.8 Å². The third-order valence-corrected chi connectivity index (χ3v) is 3.72. The van der Waals surface area contributed by atoms with E-state index in [2.05, 4.69) is 4.98 Å². The van der Waals surface area contributed by atoms with E-state index in [4.69, 9.17) is 19.9 Å². The van der Waals surface area contributed by atoms with Gasteiger partial charge in [0.2, 0.25) is 0 Å². The number of aromatic nitrogens is 2. The Labute approximate surface area is 123 Å². The predicted molar refractivity (Wildman–Crippen MR) is 80.0 cm³/mol. The smallest absolute Gasteiger partial charge is 0.135 e. The van der Waals surface area contributed by atoms with Crippen LogP contribution >= 0.6 is 0 Å². The molecule has 0 radical (unpaired) electrons. The summed E-state index contributed by atoms with van der Waals surface area (Å²) in [6.45, 7) is 0. The second-order valence-electron chi connectivity index (χ2n) is 5.02. The number of ether oxygens (including phenoxy) is 3. The Balaban J connectivity index is 2.16. The normalized spacial score (nSPS) is 14.0. The van der Waals surface area contributed by atoms with E-state index in [1.807, 2.05) is 4.57 Å². The maximum absolute atomic E-state index is 6.25. The molecule has 6 heteroatoms. The van der Waals surface area contributed by atoms with Crippen molar-refractivity contribution >= 4 is 5.82 Å². The van der Waals surface area contributed by atoms with Crippen LogP contribution in [0.25, 0.3) is 11.3 Å². The van der Waals surface area contributed by atoms with Crippen LogP contribution in [0.15, 0.2) is 18.5 Å². The van der Waals surface area contributed by atoms with E-state index in [1.54, 1.807) is 39.8 Å². The van der Waals surface area contributed by atoms with Crippen molar-refractivity contribution in [1.82, 2.24) is 9.55 Å². The van der Waals surface area contributed by atoms with Crippen molar-refractivity contribution < 1.29 is 14.2 Å². The first-order valence-corrected chi connectivity index (χ1v) is 6.82. The van der Waals surface area contributed by atoms with Crippen molar-refractivity contribution in [3.63, 3.8) is 0 Å². The highest BCUT2D eigenvalue weighted by molar-refractivity contribution is 5.82. The van der Waals surface area contributed by atoms with E-state index in [0.29, 0.717) is 34.8 Å². The van der Waals surface area contributed by atoms with Gasteiger partial charge in [-0.25, -0.2) is 4.98 Å². The molecule has 1 saturated carbocycles. The molecular weight excluding hydrogens is 270 g/mol. The second kappa shape index (κ2) is 5.20. The molecule has 0 bridgehead atoms. The fraction of sp³-hybridized carbons (Fsp3) is 0.400. The van der Waals surface area contributed by atoms with Gasteiger partial charge in [0.05, 0.1) is 33.2 Å². The minimum Gasteiger partial charge on any atom is -0.496 e. The molecular formula is C15H19N3O3. The highest BCUT2D eigenvalue weighted by atomic mass is 16.5. The monoisotopic (exact) mass is 289 g/mol. The Kier molecular flexibility index (Phi) is 3.37. The summed E-state index contributed by atoms with van der Waals surface area (Å²) in [7, 11) is 4.81. The molecule has 1 aromatic heterocycles. The van der Waals surface area contributed by atoms with Crippen molar-refractivity contribution in [1.29, 1.82) is 0 Å². The van der Waals surface area contributed by atoms with Gasteiger partial charge < -0.3 is 24.5 Å². The zero-order valence-corrected chi connectivity index (χ0v) is 12.4. The van der Waals surface area contributed by atoms with Crippen LogP contribution in [0.4, 0.5) is 5.82 Å². The Morgan fingerprint density at radius 1 is 1.10 bits per heavy atom. The van der Waals surface area contributed by atoms with Crippen molar-refractivity contribution in [3.8, 4) is 28.5 Å². The van der Waals surface area contributed by atoms with Gasteiger partial charge in [-0.1, -0.05) is 0 Å². The Hall–Kier alpha value is -2.37. The van der Waals surface area contributed by atoms with Gasteiger partial charge in [0, 0.05) is 18.2 Å². The largest absolute Gasteiger partial charge is 0.496 e. The molecule has 21 heavy (non-hydrogen) atoms. The van der Waals surface area contributed by atoms with E-state index in [9.17, 15) is 0 Å². The van der Waals surface area contributed by atoms with E-state index in [1.165, 1.54) is 0 Å².